The summed E-state index contributed by atoms with van der Waals surface area (Å²) in [4.78, 5) is 37.7. The van der Waals surface area contributed by atoms with Crippen molar-refractivity contribution in [2.45, 2.75) is 322 Å². The van der Waals surface area contributed by atoms with E-state index >= 15 is 0 Å². The number of carboxylic acid groups (broad SMARTS) is 1. The molecule has 0 aromatic rings. The molecule has 540 valence electrons. The maximum absolute atomic E-state index is 13.0. The zero-order valence-corrected chi connectivity index (χ0v) is 61.8. The highest BCUT2D eigenvalue weighted by Gasteiger charge is 2.25. The average molecular weight is 1320 g/mol. The number of hydrogen-bond donors (Lipinski definition) is 1. The number of carboxylic acids is 1. The highest BCUT2D eigenvalue weighted by Crippen LogP contribution is 2.18. The summed E-state index contributed by atoms with van der Waals surface area (Å²) in [5.74, 6) is -2.01. The molecule has 0 bridgehead atoms. The predicted molar refractivity (Wildman–Crippen MR) is 410 cm³/mol. The number of likely N-dealkylation sites (N-methyl/N-ethyl adjacent to an activating group) is 1. The van der Waals surface area contributed by atoms with Crippen LogP contribution in [-0.2, 0) is 33.3 Å². The molecule has 2 unspecified atom stereocenters. The van der Waals surface area contributed by atoms with E-state index < -0.39 is 24.3 Å². The molecule has 0 aliphatic carbocycles. The molecule has 0 radical (unpaired) electrons. The van der Waals surface area contributed by atoms with Gasteiger partial charge in [0.1, 0.15) is 13.2 Å². The molecule has 0 aromatic heterocycles. The molecule has 0 saturated carbocycles. The van der Waals surface area contributed by atoms with E-state index in [1.807, 2.05) is 21.1 Å². The Balaban J connectivity index is 4.08. The Kier molecular flexibility index (Phi) is 70.7. The van der Waals surface area contributed by atoms with Crippen LogP contribution >= 0.6 is 0 Å². The second-order valence-electron chi connectivity index (χ2n) is 26.6. The van der Waals surface area contributed by atoms with Crippen LogP contribution in [0.15, 0.2) is 158 Å². The summed E-state index contributed by atoms with van der Waals surface area (Å²) in [6, 6.07) is 0. The van der Waals surface area contributed by atoms with Crippen LogP contribution in [0.5, 0.6) is 0 Å². The number of aliphatic carboxylic acids is 1. The Morgan fingerprint density at radius 2 is 0.568 bits per heavy atom. The molecule has 1 N–H and O–H groups in total. The van der Waals surface area contributed by atoms with E-state index in [0.29, 0.717) is 23.9 Å². The standard InChI is InChI=1S/C86H143NO8/c1-6-8-10-12-14-16-18-20-22-24-26-28-30-32-34-36-38-39-40-41-42-43-44-45-47-49-51-53-55-57-59-61-63-65-67-69-71-73-75-77-84(89)95-82(81-94-86(85(90)91)92-79-78-87(3,4)5)80-93-83(88)76-74-72-70-68-66-64-62-60-58-56-54-52-50-48-46-37-35-33-31-29-27-25-23-21-19-17-15-13-11-9-7-2/h8-11,14-17,20-23,26-29,32-35,38-39,41-42,46,48,82,86H,6-7,12-13,18-19,24-25,30-31,36-37,40,43-45,47,49-81H2,1-5H3/p+1/b10-8-,11-9-,16-14-,17-15-,22-20-,23-21-,28-26-,29-27-,34-32-,35-33-,39-38-,42-41-,48-46-. The monoisotopic (exact) mass is 1320 g/mol. The summed E-state index contributed by atoms with van der Waals surface area (Å²) < 4.78 is 23.0. The fraction of sp³-hybridized carbons (Fsp3) is 0.663. The molecule has 0 fully saturated rings. The van der Waals surface area contributed by atoms with Crippen LogP contribution in [0, 0.1) is 0 Å². The summed E-state index contributed by atoms with van der Waals surface area (Å²) in [7, 11) is 5.98. The Hall–Kier alpha value is -5.09. The number of quaternary nitrogens is 1. The Bertz CT molecular complexity index is 2130. The number of esters is 2. The maximum Gasteiger partial charge on any atom is 0.361 e. The van der Waals surface area contributed by atoms with E-state index in [2.05, 4.69) is 172 Å². The summed E-state index contributed by atoms with van der Waals surface area (Å²) >= 11 is 0. The second kappa shape index (κ2) is 74.7. The zero-order valence-electron chi connectivity index (χ0n) is 61.8. The lowest BCUT2D eigenvalue weighted by atomic mass is 10.0. The van der Waals surface area contributed by atoms with Gasteiger partial charge in [0.2, 0.25) is 0 Å². The van der Waals surface area contributed by atoms with Gasteiger partial charge in [-0.3, -0.25) is 9.59 Å². The molecule has 9 heteroatoms. The van der Waals surface area contributed by atoms with Crippen molar-refractivity contribution in [2.24, 2.45) is 0 Å². The number of rotatable bonds is 70. The van der Waals surface area contributed by atoms with Crippen LogP contribution in [0.2, 0.25) is 0 Å². The van der Waals surface area contributed by atoms with Crippen molar-refractivity contribution in [1.29, 1.82) is 0 Å². The van der Waals surface area contributed by atoms with Crippen LogP contribution in [0.25, 0.3) is 0 Å². The third-order valence-corrected chi connectivity index (χ3v) is 16.3. The fourth-order valence-corrected chi connectivity index (χ4v) is 10.5. The first-order chi connectivity index (χ1) is 46.6. The topological polar surface area (TPSA) is 108 Å². The number of unbranched alkanes of at least 4 members (excludes halogenated alkanes) is 29. The number of nitrogens with zero attached hydrogens (tertiary/aromatic N) is 1. The molecule has 0 spiro atoms. The minimum absolute atomic E-state index is 0.182. The third-order valence-electron chi connectivity index (χ3n) is 16.3. The molecule has 0 aliphatic rings. The first kappa shape index (κ1) is 89.9. The second-order valence-corrected chi connectivity index (χ2v) is 26.6. The number of carbonyl (C=O) groups excluding carboxylic acids is 2. The summed E-state index contributed by atoms with van der Waals surface area (Å²) in [6.07, 6.45) is 108. The van der Waals surface area contributed by atoms with Crippen molar-refractivity contribution >= 4 is 17.9 Å². The van der Waals surface area contributed by atoms with Gasteiger partial charge in [-0.2, -0.15) is 0 Å². The van der Waals surface area contributed by atoms with Gasteiger partial charge in [0.25, 0.3) is 6.29 Å². The molecule has 0 heterocycles. The molecule has 0 saturated heterocycles. The smallest absolute Gasteiger partial charge is 0.361 e. The maximum atomic E-state index is 13.0. The van der Waals surface area contributed by atoms with Gasteiger partial charge in [-0.25, -0.2) is 4.79 Å². The molecule has 0 amide bonds. The number of hydrogen-bond acceptors (Lipinski definition) is 7. The molecule has 9 nitrogen and oxygen atoms in total. The molecular weight excluding hydrogens is 1170 g/mol. The number of ether oxygens (including phenoxy) is 4. The molecule has 0 rings (SSSR count). The Labute approximate surface area is 584 Å². The Morgan fingerprint density at radius 3 is 0.842 bits per heavy atom. The molecule has 2 atom stereocenters. The first-order valence-corrected chi connectivity index (χ1v) is 38.6. The normalized spacial score (nSPS) is 13.6. The van der Waals surface area contributed by atoms with Gasteiger partial charge < -0.3 is 28.5 Å². The largest absolute Gasteiger partial charge is 0.477 e. The molecular formula is C86H144NO8+. The van der Waals surface area contributed by atoms with E-state index in [-0.39, 0.29) is 32.2 Å². The predicted octanol–water partition coefficient (Wildman–Crippen LogP) is 24.8. The lowest BCUT2D eigenvalue weighted by Crippen LogP contribution is -2.40. The third kappa shape index (κ3) is 76.1. The van der Waals surface area contributed by atoms with Crippen LogP contribution in [0.3, 0.4) is 0 Å². The SMILES string of the molecule is CC/C=C\C/C=C\C/C=C\C/C=C\C/C=C\C/C=C\C/C=C\CCCCCCCCCCCCCCCCCCCC(=O)OC(COC(=O)CCCCCCCCCCCCCC/C=C\C/C=C\C/C=C\C/C=C\C/C=C\C/C=C\CC)COC(OCC[N+](C)(C)C)C(=O)O. The van der Waals surface area contributed by atoms with E-state index in [1.54, 1.807) is 0 Å². The average Bonchev–Trinajstić information content (AvgIpc) is 2.92. The van der Waals surface area contributed by atoms with Gasteiger partial charge >= 0.3 is 17.9 Å². The lowest BCUT2D eigenvalue weighted by molar-refractivity contribution is -0.870. The van der Waals surface area contributed by atoms with Gasteiger partial charge in [-0.05, 0) is 122 Å². The van der Waals surface area contributed by atoms with E-state index in [9.17, 15) is 19.5 Å². The van der Waals surface area contributed by atoms with Crippen molar-refractivity contribution in [1.82, 2.24) is 0 Å². The quantitative estimate of drug-likeness (QED) is 0.0211. The van der Waals surface area contributed by atoms with Crippen LogP contribution in [-0.4, -0.2) is 87.4 Å². The highest BCUT2D eigenvalue weighted by molar-refractivity contribution is 5.71. The highest BCUT2D eigenvalue weighted by atomic mass is 16.7. The molecule has 95 heavy (non-hydrogen) atoms. The summed E-state index contributed by atoms with van der Waals surface area (Å²) in [5, 5.41) is 9.77. The van der Waals surface area contributed by atoms with Crippen LogP contribution < -0.4 is 0 Å². The van der Waals surface area contributed by atoms with Gasteiger partial charge in [0.05, 0.1) is 34.4 Å². The first-order valence-electron chi connectivity index (χ1n) is 38.6. The van der Waals surface area contributed by atoms with Crippen molar-refractivity contribution in [3.05, 3.63) is 158 Å². The van der Waals surface area contributed by atoms with Gasteiger partial charge in [-0.15, -0.1) is 0 Å². The minimum atomic E-state index is -1.52. The van der Waals surface area contributed by atoms with Crippen molar-refractivity contribution < 1.29 is 42.9 Å². The van der Waals surface area contributed by atoms with Gasteiger partial charge in [-0.1, -0.05) is 332 Å². The summed E-state index contributed by atoms with van der Waals surface area (Å²) in [5.41, 5.74) is 0. The molecule has 0 aromatic carbocycles. The molecule has 0 aliphatic heterocycles. The van der Waals surface area contributed by atoms with E-state index in [0.717, 1.165) is 116 Å². The van der Waals surface area contributed by atoms with Crippen molar-refractivity contribution in [3.8, 4) is 0 Å². The van der Waals surface area contributed by atoms with Crippen molar-refractivity contribution in [3.63, 3.8) is 0 Å². The van der Waals surface area contributed by atoms with Crippen molar-refractivity contribution in [2.75, 3.05) is 47.5 Å². The van der Waals surface area contributed by atoms with Crippen LogP contribution in [0.4, 0.5) is 0 Å². The van der Waals surface area contributed by atoms with Gasteiger partial charge in [0, 0.05) is 12.8 Å². The summed E-state index contributed by atoms with van der Waals surface area (Å²) in [6.45, 7) is 4.66. The lowest BCUT2D eigenvalue weighted by Gasteiger charge is -2.25. The number of carbonyl (C=O) groups is 3. The Morgan fingerprint density at radius 1 is 0.316 bits per heavy atom. The number of allylic oxidation sites excluding steroid dienone is 26. The fourth-order valence-electron chi connectivity index (χ4n) is 10.5. The zero-order chi connectivity index (χ0) is 69.0. The van der Waals surface area contributed by atoms with Crippen LogP contribution in [0.1, 0.15) is 309 Å². The van der Waals surface area contributed by atoms with E-state index in [1.165, 1.54) is 161 Å². The van der Waals surface area contributed by atoms with Gasteiger partial charge in [0.15, 0.2) is 6.10 Å². The minimum Gasteiger partial charge on any atom is -0.477 e. The van der Waals surface area contributed by atoms with E-state index in [4.69, 9.17) is 18.9 Å².